The second kappa shape index (κ2) is 6.67. The fraction of sp³-hybridized carbons (Fsp3) is 0.357. The Labute approximate surface area is 122 Å². The smallest absolute Gasteiger partial charge is 0.319 e. The fourth-order valence-corrected chi connectivity index (χ4v) is 2.66. The summed E-state index contributed by atoms with van der Waals surface area (Å²) in [5.74, 6) is 0. The number of anilines is 1. The number of aromatic amines is 1. The maximum absolute atomic E-state index is 11.9. The Morgan fingerprint density at radius 3 is 2.95 bits per heavy atom. The number of carbonyl (C=O) groups excluding carboxylic acids is 1. The molecule has 20 heavy (non-hydrogen) atoms. The molecule has 0 spiro atoms. The number of aliphatic hydroxyl groups is 1. The van der Waals surface area contributed by atoms with E-state index in [4.69, 9.17) is 0 Å². The minimum Gasteiger partial charge on any atom is -0.395 e. The number of H-pyrrole nitrogens is 1. The van der Waals surface area contributed by atoms with Gasteiger partial charge in [0.05, 0.1) is 6.61 Å². The molecule has 4 N–H and O–H groups in total. The number of aromatic nitrogens is 1. The number of hydrogen-bond donors (Lipinski definition) is 4. The summed E-state index contributed by atoms with van der Waals surface area (Å²) in [5.41, 5.74) is 1.78. The zero-order valence-corrected chi connectivity index (χ0v) is 12.3. The van der Waals surface area contributed by atoms with Crippen LogP contribution in [-0.4, -0.2) is 40.3 Å². The molecule has 2 rings (SSSR count). The highest BCUT2D eigenvalue weighted by Gasteiger charge is 2.17. The van der Waals surface area contributed by atoms with Gasteiger partial charge in [-0.3, -0.25) is 0 Å². The van der Waals surface area contributed by atoms with Crippen molar-refractivity contribution in [3.05, 3.63) is 30.5 Å². The molecular formula is C14H19N3O2S. The largest absolute Gasteiger partial charge is 0.395 e. The third-order valence-corrected chi connectivity index (χ3v) is 4.37. The minimum atomic E-state index is -0.264. The van der Waals surface area contributed by atoms with Crippen molar-refractivity contribution in [2.45, 2.75) is 18.2 Å². The van der Waals surface area contributed by atoms with E-state index in [9.17, 15) is 9.90 Å². The molecule has 0 bridgehead atoms. The number of urea groups is 1. The van der Waals surface area contributed by atoms with Gasteiger partial charge in [-0.25, -0.2) is 4.79 Å². The molecule has 0 fully saturated rings. The highest BCUT2D eigenvalue weighted by atomic mass is 32.2. The van der Waals surface area contributed by atoms with E-state index in [0.717, 1.165) is 16.6 Å². The average Bonchev–Trinajstić information content (AvgIpc) is 2.87. The first-order valence-electron chi connectivity index (χ1n) is 6.42. The summed E-state index contributed by atoms with van der Waals surface area (Å²) in [6.45, 7) is 1.92. The molecule has 0 aliphatic heterocycles. The lowest BCUT2D eigenvalue weighted by atomic mass is 10.2. The van der Waals surface area contributed by atoms with Crippen molar-refractivity contribution in [1.29, 1.82) is 0 Å². The zero-order chi connectivity index (χ0) is 14.5. The van der Waals surface area contributed by atoms with Crippen LogP contribution in [-0.2, 0) is 0 Å². The Hall–Kier alpha value is -1.66. The summed E-state index contributed by atoms with van der Waals surface area (Å²) in [6.07, 6.45) is 3.78. The molecular weight excluding hydrogens is 274 g/mol. The van der Waals surface area contributed by atoms with Gasteiger partial charge >= 0.3 is 6.03 Å². The normalized spacial score (nSPS) is 13.9. The van der Waals surface area contributed by atoms with E-state index in [1.54, 1.807) is 0 Å². The number of rotatable bonds is 5. The van der Waals surface area contributed by atoms with E-state index < -0.39 is 0 Å². The first kappa shape index (κ1) is 14.7. The molecule has 2 amide bonds. The topological polar surface area (TPSA) is 77.2 Å². The quantitative estimate of drug-likeness (QED) is 0.683. The number of nitrogens with one attached hydrogen (secondary N) is 3. The SMILES string of the molecule is CSC(CO)C(C)NC(=O)Nc1ccc2[nH]ccc2c1. The van der Waals surface area contributed by atoms with Gasteiger partial charge in [0, 0.05) is 34.1 Å². The molecule has 6 heteroatoms. The molecule has 2 aromatic rings. The molecule has 0 aliphatic carbocycles. The summed E-state index contributed by atoms with van der Waals surface area (Å²) in [6, 6.07) is 7.27. The Morgan fingerprint density at radius 2 is 2.25 bits per heavy atom. The van der Waals surface area contributed by atoms with E-state index in [2.05, 4.69) is 15.6 Å². The van der Waals surface area contributed by atoms with Crippen molar-refractivity contribution in [3.63, 3.8) is 0 Å². The lowest BCUT2D eigenvalue weighted by Gasteiger charge is -2.21. The van der Waals surface area contributed by atoms with Crippen LogP contribution in [0.25, 0.3) is 10.9 Å². The van der Waals surface area contributed by atoms with Crippen LogP contribution in [0.3, 0.4) is 0 Å². The van der Waals surface area contributed by atoms with Crippen LogP contribution < -0.4 is 10.6 Å². The summed E-state index contributed by atoms with van der Waals surface area (Å²) in [4.78, 5) is 15.0. The Bertz CT molecular complexity index is 581. The van der Waals surface area contributed by atoms with Gasteiger partial charge in [0.25, 0.3) is 0 Å². The summed E-state index contributed by atoms with van der Waals surface area (Å²) in [7, 11) is 0. The predicted molar refractivity (Wildman–Crippen MR) is 84.3 cm³/mol. The monoisotopic (exact) mass is 293 g/mol. The van der Waals surface area contributed by atoms with Crippen LogP contribution >= 0.6 is 11.8 Å². The van der Waals surface area contributed by atoms with Crippen molar-refractivity contribution in [2.75, 3.05) is 18.2 Å². The first-order valence-corrected chi connectivity index (χ1v) is 7.71. The van der Waals surface area contributed by atoms with E-state index in [1.165, 1.54) is 11.8 Å². The summed E-state index contributed by atoms with van der Waals surface area (Å²) < 4.78 is 0. The van der Waals surface area contributed by atoms with Crippen LogP contribution in [0, 0.1) is 0 Å². The van der Waals surface area contributed by atoms with Gasteiger partial charge in [0.15, 0.2) is 0 Å². The van der Waals surface area contributed by atoms with Crippen LogP contribution in [0.4, 0.5) is 10.5 Å². The Morgan fingerprint density at radius 1 is 1.45 bits per heavy atom. The molecule has 2 unspecified atom stereocenters. The van der Waals surface area contributed by atoms with Gasteiger partial charge in [0.2, 0.25) is 0 Å². The molecule has 2 atom stereocenters. The molecule has 1 aromatic carbocycles. The van der Waals surface area contributed by atoms with Crippen molar-refractivity contribution >= 4 is 34.4 Å². The molecule has 5 nitrogen and oxygen atoms in total. The fourth-order valence-electron chi connectivity index (χ4n) is 2.03. The molecule has 1 aromatic heterocycles. The van der Waals surface area contributed by atoms with Crippen LogP contribution in [0.5, 0.6) is 0 Å². The van der Waals surface area contributed by atoms with Crippen molar-refractivity contribution < 1.29 is 9.90 Å². The van der Waals surface area contributed by atoms with Crippen LogP contribution in [0.1, 0.15) is 6.92 Å². The van der Waals surface area contributed by atoms with Gasteiger partial charge in [-0.2, -0.15) is 11.8 Å². The number of aliphatic hydroxyl groups excluding tert-OH is 1. The van der Waals surface area contributed by atoms with E-state index in [0.29, 0.717) is 0 Å². The van der Waals surface area contributed by atoms with Gasteiger partial charge in [-0.05, 0) is 37.4 Å². The van der Waals surface area contributed by atoms with Gasteiger partial charge in [-0.15, -0.1) is 0 Å². The van der Waals surface area contributed by atoms with E-state index in [-0.39, 0.29) is 23.9 Å². The number of benzene rings is 1. The number of amides is 2. The molecule has 1 heterocycles. The maximum atomic E-state index is 11.9. The van der Waals surface area contributed by atoms with Gasteiger partial charge in [-0.1, -0.05) is 0 Å². The number of carbonyl (C=O) groups is 1. The Kier molecular flexibility index (Phi) is 4.92. The first-order chi connectivity index (χ1) is 9.63. The third-order valence-electron chi connectivity index (χ3n) is 3.21. The number of fused-ring (bicyclic) bond motifs is 1. The Balaban J connectivity index is 1.96. The highest BCUT2D eigenvalue weighted by Crippen LogP contribution is 2.18. The molecule has 108 valence electrons. The predicted octanol–water partition coefficient (Wildman–Crippen LogP) is 2.40. The van der Waals surface area contributed by atoms with E-state index >= 15 is 0 Å². The summed E-state index contributed by atoms with van der Waals surface area (Å²) >= 11 is 1.53. The highest BCUT2D eigenvalue weighted by molar-refractivity contribution is 7.99. The molecule has 0 saturated heterocycles. The molecule has 0 radical (unpaired) electrons. The molecule has 0 saturated carbocycles. The lowest BCUT2D eigenvalue weighted by molar-refractivity contribution is 0.243. The standard InChI is InChI=1S/C14H19N3O2S/c1-9(13(8-18)20-2)16-14(19)17-11-3-4-12-10(7-11)5-6-15-12/h3-7,9,13,15,18H,8H2,1-2H3,(H2,16,17,19). The lowest BCUT2D eigenvalue weighted by Crippen LogP contribution is -2.43. The zero-order valence-electron chi connectivity index (χ0n) is 11.5. The maximum Gasteiger partial charge on any atom is 0.319 e. The van der Waals surface area contributed by atoms with Crippen LogP contribution in [0.15, 0.2) is 30.5 Å². The minimum absolute atomic E-state index is 0.00657. The third kappa shape index (κ3) is 3.46. The molecule has 0 aliphatic rings. The van der Waals surface area contributed by atoms with Crippen molar-refractivity contribution in [3.8, 4) is 0 Å². The second-order valence-electron chi connectivity index (χ2n) is 4.62. The van der Waals surface area contributed by atoms with Crippen LogP contribution in [0.2, 0.25) is 0 Å². The van der Waals surface area contributed by atoms with Gasteiger partial charge in [0.1, 0.15) is 0 Å². The number of thioether (sulfide) groups is 1. The average molecular weight is 293 g/mol. The van der Waals surface area contributed by atoms with Crippen molar-refractivity contribution in [2.24, 2.45) is 0 Å². The summed E-state index contributed by atoms with van der Waals surface area (Å²) in [5, 5.41) is 15.9. The second-order valence-corrected chi connectivity index (χ2v) is 5.70. The van der Waals surface area contributed by atoms with Crippen molar-refractivity contribution in [1.82, 2.24) is 10.3 Å². The van der Waals surface area contributed by atoms with Gasteiger partial charge < -0.3 is 20.7 Å². The number of hydrogen-bond acceptors (Lipinski definition) is 3. The van der Waals surface area contributed by atoms with E-state index in [1.807, 2.05) is 43.6 Å².